The van der Waals surface area contributed by atoms with Crippen molar-refractivity contribution in [1.82, 2.24) is 5.32 Å². The number of hydrogen-bond donors (Lipinski definition) is 3. The lowest BCUT2D eigenvalue weighted by Gasteiger charge is -2.57. The highest BCUT2D eigenvalue weighted by atomic mass is 16.5. The summed E-state index contributed by atoms with van der Waals surface area (Å²) >= 11 is 0. The number of hydrogen-bond acceptors (Lipinski definition) is 5. The summed E-state index contributed by atoms with van der Waals surface area (Å²) in [5.74, 6) is 3.11. The maximum Gasteiger partial charge on any atom is 0.255 e. The predicted molar refractivity (Wildman–Crippen MR) is 125 cm³/mol. The van der Waals surface area contributed by atoms with E-state index in [1.807, 2.05) is 18.2 Å². The molecule has 4 aliphatic rings. The summed E-state index contributed by atoms with van der Waals surface area (Å²) in [4.78, 5) is 13.0. The smallest absolute Gasteiger partial charge is 0.255 e. The molecule has 4 aliphatic carbocycles. The van der Waals surface area contributed by atoms with Crippen molar-refractivity contribution in [2.45, 2.75) is 50.4 Å². The van der Waals surface area contributed by atoms with Crippen molar-refractivity contribution in [3.8, 4) is 23.0 Å². The van der Waals surface area contributed by atoms with Gasteiger partial charge in [-0.3, -0.25) is 4.79 Å². The molecule has 6 nitrogen and oxygen atoms in total. The minimum absolute atomic E-state index is 0.0544. The fourth-order valence-electron chi connectivity index (χ4n) is 7.08. The monoisotopic (exact) mass is 451 g/mol. The molecule has 0 aromatic heterocycles. The quantitative estimate of drug-likeness (QED) is 0.575. The van der Waals surface area contributed by atoms with Crippen molar-refractivity contribution in [2.75, 3.05) is 20.8 Å². The van der Waals surface area contributed by atoms with Gasteiger partial charge in [0, 0.05) is 18.2 Å². The molecule has 6 rings (SSSR count). The van der Waals surface area contributed by atoms with Crippen molar-refractivity contribution in [2.24, 2.45) is 17.8 Å². The highest BCUT2D eigenvalue weighted by molar-refractivity contribution is 5.97. The van der Waals surface area contributed by atoms with Crippen molar-refractivity contribution < 1.29 is 24.5 Å². The Morgan fingerprint density at radius 2 is 1.58 bits per heavy atom. The molecule has 2 aromatic carbocycles. The highest BCUT2D eigenvalue weighted by Gasteiger charge is 2.52. The van der Waals surface area contributed by atoms with Gasteiger partial charge in [0.1, 0.15) is 11.5 Å². The average Bonchev–Trinajstić information content (AvgIpc) is 2.77. The first-order valence-corrected chi connectivity index (χ1v) is 12.0. The minimum Gasteiger partial charge on any atom is -0.508 e. The van der Waals surface area contributed by atoms with E-state index < -0.39 is 0 Å². The van der Waals surface area contributed by atoms with Crippen molar-refractivity contribution in [3.63, 3.8) is 0 Å². The van der Waals surface area contributed by atoms with Crippen LogP contribution in [0.2, 0.25) is 0 Å². The number of carbonyl (C=O) groups excluding carboxylic acids is 1. The predicted octanol–water partition coefficient (Wildman–Crippen LogP) is 4.56. The molecule has 4 bridgehead atoms. The summed E-state index contributed by atoms with van der Waals surface area (Å²) in [5, 5.41) is 24.1. The molecular weight excluding hydrogens is 418 g/mol. The Morgan fingerprint density at radius 1 is 0.939 bits per heavy atom. The van der Waals surface area contributed by atoms with Crippen LogP contribution in [0.5, 0.6) is 23.0 Å². The number of ether oxygens (including phenoxy) is 2. The third-order valence-corrected chi connectivity index (χ3v) is 8.12. The van der Waals surface area contributed by atoms with Gasteiger partial charge in [-0.25, -0.2) is 0 Å². The molecular formula is C27H33NO5. The molecule has 0 radical (unpaired) electrons. The average molecular weight is 452 g/mol. The Balaban J connectivity index is 1.31. The van der Waals surface area contributed by atoms with E-state index in [-0.39, 0.29) is 28.4 Å². The van der Waals surface area contributed by atoms with Gasteiger partial charge in [-0.05, 0) is 91.9 Å². The normalized spacial score (nSPS) is 27.4. The van der Waals surface area contributed by atoms with E-state index >= 15 is 0 Å². The van der Waals surface area contributed by atoms with E-state index in [2.05, 4.69) is 5.32 Å². The van der Waals surface area contributed by atoms with Gasteiger partial charge in [0.05, 0.1) is 19.8 Å². The molecule has 33 heavy (non-hydrogen) atoms. The van der Waals surface area contributed by atoms with E-state index in [1.54, 1.807) is 20.3 Å². The van der Waals surface area contributed by atoms with Crippen LogP contribution in [-0.4, -0.2) is 36.9 Å². The lowest BCUT2D eigenvalue weighted by molar-refractivity contribution is -0.00617. The maximum absolute atomic E-state index is 13.0. The maximum atomic E-state index is 13.0. The van der Waals surface area contributed by atoms with Crippen LogP contribution in [0.3, 0.4) is 0 Å². The lowest BCUT2D eigenvalue weighted by atomic mass is 9.48. The first kappa shape index (κ1) is 21.9. The molecule has 0 spiro atoms. The number of amides is 1. The molecule has 0 unspecified atom stereocenters. The van der Waals surface area contributed by atoms with Crippen LogP contribution in [0.25, 0.3) is 0 Å². The van der Waals surface area contributed by atoms with Gasteiger partial charge in [0.25, 0.3) is 5.91 Å². The number of carbonyl (C=O) groups is 1. The second-order valence-electron chi connectivity index (χ2n) is 10.3. The zero-order valence-electron chi connectivity index (χ0n) is 19.4. The van der Waals surface area contributed by atoms with Gasteiger partial charge >= 0.3 is 0 Å². The molecule has 1 amide bonds. The number of rotatable bonds is 7. The third-order valence-electron chi connectivity index (χ3n) is 8.12. The number of aromatic hydroxyl groups is 2. The Labute approximate surface area is 194 Å². The molecule has 0 heterocycles. The highest BCUT2D eigenvalue weighted by Crippen LogP contribution is 2.62. The van der Waals surface area contributed by atoms with Gasteiger partial charge in [-0.1, -0.05) is 6.07 Å². The van der Waals surface area contributed by atoms with Crippen LogP contribution >= 0.6 is 0 Å². The van der Waals surface area contributed by atoms with Gasteiger partial charge in [-0.2, -0.15) is 0 Å². The van der Waals surface area contributed by atoms with Crippen LogP contribution in [0.1, 0.15) is 60.0 Å². The van der Waals surface area contributed by atoms with Crippen molar-refractivity contribution in [1.29, 1.82) is 0 Å². The molecule has 4 fully saturated rings. The van der Waals surface area contributed by atoms with E-state index in [0.717, 1.165) is 48.1 Å². The summed E-state index contributed by atoms with van der Waals surface area (Å²) in [6, 6.07) is 8.80. The molecule has 0 saturated heterocycles. The summed E-state index contributed by atoms with van der Waals surface area (Å²) in [6.07, 6.45) is 7.78. The minimum atomic E-state index is -0.320. The Kier molecular flexibility index (Phi) is 5.63. The van der Waals surface area contributed by atoms with E-state index in [0.29, 0.717) is 24.5 Å². The Bertz CT molecular complexity index is 1030. The number of benzene rings is 2. The number of methoxy groups -OCH3 is 2. The second-order valence-corrected chi connectivity index (χ2v) is 10.3. The van der Waals surface area contributed by atoms with E-state index in [4.69, 9.17) is 9.47 Å². The zero-order valence-corrected chi connectivity index (χ0v) is 19.4. The van der Waals surface area contributed by atoms with Gasteiger partial charge < -0.3 is 25.0 Å². The van der Waals surface area contributed by atoms with Crippen LogP contribution in [-0.2, 0) is 11.8 Å². The fourth-order valence-corrected chi connectivity index (χ4v) is 7.08. The van der Waals surface area contributed by atoms with Gasteiger partial charge in [0.15, 0.2) is 11.5 Å². The molecule has 3 N–H and O–H groups in total. The molecule has 176 valence electrons. The van der Waals surface area contributed by atoms with Crippen molar-refractivity contribution in [3.05, 3.63) is 47.0 Å². The zero-order chi connectivity index (χ0) is 23.2. The van der Waals surface area contributed by atoms with E-state index in [9.17, 15) is 15.0 Å². The van der Waals surface area contributed by atoms with E-state index in [1.165, 1.54) is 25.3 Å². The summed E-state index contributed by atoms with van der Waals surface area (Å²) in [7, 11) is 3.19. The standard InChI is InChI=1S/C27H33NO5/c1-32-24-4-3-16(10-25(24)33-2)5-6-28-26(31)20-11-21(23(30)12-22(20)29)27-13-17-7-18(14-27)9-19(8-17)15-27/h3-4,10-12,17-19,29-30H,5-9,13-15H2,1-2H3,(H,28,31). The molecule has 4 saturated carbocycles. The number of nitrogens with one attached hydrogen (secondary N) is 1. The Hall–Kier alpha value is -2.89. The van der Waals surface area contributed by atoms with Gasteiger partial charge in [0.2, 0.25) is 0 Å². The largest absolute Gasteiger partial charge is 0.508 e. The second kappa shape index (κ2) is 8.47. The fraction of sp³-hybridized carbons (Fsp3) is 0.519. The third kappa shape index (κ3) is 4.00. The SMILES string of the molecule is COc1ccc(CCNC(=O)c2cc(C34CC5CC(CC(C5)C3)C4)c(O)cc2O)cc1OC. The van der Waals surface area contributed by atoms with Crippen molar-refractivity contribution >= 4 is 5.91 Å². The van der Waals surface area contributed by atoms with Crippen LogP contribution < -0.4 is 14.8 Å². The van der Waals surface area contributed by atoms with Crippen LogP contribution in [0, 0.1) is 17.8 Å². The molecule has 0 atom stereocenters. The van der Waals surface area contributed by atoms with Gasteiger partial charge in [-0.15, -0.1) is 0 Å². The van der Waals surface area contributed by atoms with Crippen LogP contribution in [0.4, 0.5) is 0 Å². The topological polar surface area (TPSA) is 88.0 Å². The Morgan fingerprint density at radius 3 is 2.18 bits per heavy atom. The summed E-state index contributed by atoms with van der Waals surface area (Å²) < 4.78 is 10.6. The first-order chi connectivity index (χ1) is 15.9. The summed E-state index contributed by atoms with van der Waals surface area (Å²) in [6.45, 7) is 0.418. The van der Waals surface area contributed by atoms with Crippen LogP contribution in [0.15, 0.2) is 30.3 Å². The number of phenolic OH excluding ortho intramolecular Hbond substituents is 2. The summed E-state index contributed by atoms with van der Waals surface area (Å²) in [5.41, 5.74) is 2.05. The first-order valence-electron chi connectivity index (χ1n) is 12.0. The molecule has 6 heteroatoms. The number of phenols is 2. The molecule has 2 aromatic rings. The molecule has 0 aliphatic heterocycles. The lowest BCUT2D eigenvalue weighted by Crippen LogP contribution is -2.48.